The van der Waals surface area contributed by atoms with E-state index >= 15 is 0 Å². The number of rotatable bonds is 10. The van der Waals surface area contributed by atoms with E-state index in [1.807, 2.05) is 0 Å². The fourth-order valence-corrected chi connectivity index (χ4v) is 14.1. The molecule has 1 fully saturated rings. The van der Waals surface area contributed by atoms with E-state index in [4.69, 9.17) is 4.99 Å². The molecule has 0 amide bonds. The number of allylic oxidation sites excluding steroid dienone is 13. The van der Waals surface area contributed by atoms with Crippen LogP contribution >= 0.6 is 0 Å². The molecule has 7 aliphatic carbocycles. The Kier molecular flexibility index (Phi) is 12.1. The van der Waals surface area contributed by atoms with Crippen molar-refractivity contribution >= 4 is 39.7 Å². The standard InChI is InChI=1S/C61H72N4/c1-40-22-8-10-26-45(40)52-33-20-32-47(59(52)64-55-36-16-12-28-48(55)49-29-13-17-37-56(49)64)43(4)63-61(62-42(3)44-24-6-5-7-25-44)54-35-21-34-53(46-27-11-9-23-41(46)2)60(54)65-57-38-18-14-30-50(57)51-31-15-19-39-58(51)65/h9-16,18,21,23-24,26,28-31,35-36,38,43,46-47,52-54,59-61,63H,5-8,17,19-20,22,25,27,32-34,37,39H2,1-4H3. The zero-order valence-electron chi connectivity index (χ0n) is 39.7. The Bertz CT molecular complexity index is 2730. The van der Waals surface area contributed by atoms with Gasteiger partial charge in [0.1, 0.15) is 6.17 Å². The Morgan fingerprint density at radius 2 is 1.38 bits per heavy atom. The lowest BCUT2D eigenvalue weighted by Gasteiger charge is -2.47. The highest BCUT2D eigenvalue weighted by atomic mass is 15.2. The van der Waals surface area contributed by atoms with Crippen molar-refractivity contribution in [1.29, 1.82) is 0 Å². The fraction of sp³-hybridized carbons (Fsp3) is 0.459. The summed E-state index contributed by atoms with van der Waals surface area (Å²) in [5, 5.41) is 7.38. The summed E-state index contributed by atoms with van der Waals surface area (Å²) >= 11 is 0. The summed E-state index contributed by atoms with van der Waals surface area (Å²) in [7, 11) is 0. The molecular weight excluding hydrogens is 789 g/mol. The van der Waals surface area contributed by atoms with Crippen LogP contribution in [0.15, 0.2) is 137 Å². The molecule has 0 spiro atoms. The van der Waals surface area contributed by atoms with Crippen LogP contribution in [0.2, 0.25) is 0 Å². The van der Waals surface area contributed by atoms with E-state index in [2.05, 4.69) is 164 Å². The van der Waals surface area contributed by atoms with Crippen molar-refractivity contribution in [3.63, 3.8) is 0 Å². The minimum atomic E-state index is -0.0777. The third kappa shape index (κ3) is 7.80. The summed E-state index contributed by atoms with van der Waals surface area (Å²) in [4.78, 5) is 6.03. The summed E-state index contributed by atoms with van der Waals surface area (Å²) in [5.74, 6) is 2.02. The van der Waals surface area contributed by atoms with E-state index < -0.39 is 0 Å². The Balaban J connectivity index is 1.06. The van der Waals surface area contributed by atoms with Gasteiger partial charge >= 0.3 is 0 Å². The Morgan fingerprint density at radius 3 is 2.08 bits per heavy atom. The van der Waals surface area contributed by atoms with Crippen molar-refractivity contribution < 1.29 is 0 Å². The summed E-state index contributed by atoms with van der Waals surface area (Å²) in [5.41, 5.74) is 16.3. The molecule has 9 unspecified atom stereocenters. The van der Waals surface area contributed by atoms with Gasteiger partial charge in [-0.25, -0.2) is 0 Å². The van der Waals surface area contributed by atoms with E-state index in [1.165, 1.54) is 100 Å². The van der Waals surface area contributed by atoms with E-state index in [-0.39, 0.29) is 24.2 Å². The van der Waals surface area contributed by atoms with Crippen LogP contribution in [0.25, 0.3) is 34.0 Å². The van der Waals surface area contributed by atoms with Gasteiger partial charge in [-0.05, 0) is 159 Å². The Morgan fingerprint density at radius 1 is 0.692 bits per heavy atom. The van der Waals surface area contributed by atoms with Crippen LogP contribution in [0.3, 0.4) is 0 Å². The average Bonchev–Trinajstić information content (AvgIpc) is 3.86. The molecule has 0 radical (unpaired) electrons. The molecule has 11 rings (SSSR count). The average molecular weight is 861 g/mol. The first-order valence-electron chi connectivity index (χ1n) is 25.9. The molecule has 1 N–H and O–H groups in total. The fourth-order valence-electron chi connectivity index (χ4n) is 14.1. The number of fused-ring (bicyclic) bond motifs is 6. The smallest absolute Gasteiger partial charge is 0.108 e. The van der Waals surface area contributed by atoms with Gasteiger partial charge in [0.25, 0.3) is 0 Å². The molecular formula is C61H72N4. The van der Waals surface area contributed by atoms with Gasteiger partial charge in [-0.3, -0.25) is 10.3 Å². The second-order valence-corrected chi connectivity index (χ2v) is 20.9. The van der Waals surface area contributed by atoms with Crippen LogP contribution in [0.1, 0.15) is 146 Å². The van der Waals surface area contributed by atoms with E-state index in [9.17, 15) is 0 Å². The highest BCUT2D eigenvalue weighted by molar-refractivity contribution is 5.98. The predicted octanol–water partition coefficient (Wildman–Crippen LogP) is 15.4. The van der Waals surface area contributed by atoms with Crippen LogP contribution in [-0.2, 0) is 12.8 Å². The minimum Gasteiger partial charge on any atom is -0.340 e. The van der Waals surface area contributed by atoms with Crippen molar-refractivity contribution in [3.8, 4) is 0 Å². The molecule has 336 valence electrons. The molecule has 4 heteroatoms. The number of aromatic nitrogens is 2. The van der Waals surface area contributed by atoms with Gasteiger partial charge in [0.2, 0.25) is 0 Å². The normalized spacial score (nSPS) is 28.9. The molecule has 0 bridgehead atoms. The SMILES string of the molecule is CC1=CC=CCC1C1CC=CC(C(N=C(C)C2=CCCCC2)NC(C)C2CCCC(C3=C(C)CCC=C3)C2n2c3c(c4ccccc42)C=CCC3)C1n1c2c(c3ccccc31)C=CCC2. The summed E-state index contributed by atoms with van der Waals surface area (Å²) in [6.07, 6.45) is 47.0. The number of para-hydroxylation sites is 2. The second kappa shape index (κ2) is 18.4. The van der Waals surface area contributed by atoms with E-state index in [0.717, 1.165) is 51.4 Å². The maximum Gasteiger partial charge on any atom is 0.108 e. The quantitative estimate of drug-likeness (QED) is 0.125. The maximum absolute atomic E-state index is 6.03. The van der Waals surface area contributed by atoms with Gasteiger partial charge in [-0.2, -0.15) is 0 Å². The first kappa shape index (κ1) is 42.7. The molecule has 7 aliphatic rings. The summed E-state index contributed by atoms with van der Waals surface area (Å²) in [6.45, 7) is 9.73. The lowest BCUT2D eigenvalue weighted by molar-refractivity contribution is 0.122. The van der Waals surface area contributed by atoms with Crippen molar-refractivity contribution in [1.82, 2.24) is 14.5 Å². The van der Waals surface area contributed by atoms with Crippen LogP contribution in [0.4, 0.5) is 0 Å². The molecule has 2 heterocycles. The molecule has 1 saturated carbocycles. The number of hydrogen-bond donors (Lipinski definition) is 1. The monoisotopic (exact) mass is 861 g/mol. The number of benzene rings is 2. The highest BCUT2D eigenvalue weighted by Gasteiger charge is 2.46. The molecule has 0 aliphatic heterocycles. The van der Waals surface area contributed by atoms with Crippen LogP contribution in [-0.4, -0.2) is 27.1 Å². The van der Waals surface area contributed by atoms with E-state index in [0.29, 0.717) is 29.7 Å². The Hall–Kier alpha value is -4.93. The number of nitrogens with one attached hydrogen (secondary N) is 1. The van der Waals surface area contributed by atoms with Crippen molar-refractivity contribution in [3.05, 3.63) is 154 Å². The van der Waals surface area contributed by atoms with Gasteiger partial charge in [0, 0.05) is 80.0 Å². The molecule has 2 aromatic carbocycles. The molecule has 4 nitrogen and oxygen atoms in total. The van der Waals surface area contributed by atoms with Crippen molar-refractivity contribution in [2.45, 2.75) is 148 Å². The number of nitrogens with zero attached hydrogens (tertiary/aromatic N) is 3. The predicted molar refractivity (Wildman–Crippen MR) is 276 cm³/mol. The molecule has 2 aromatic heterocycles. The van der Waals surface area contributed by atoms with Gasteiger partial charge in [-0.15, -0.1) is 0 Å². The number of hydrogen-bond acceptors (Lipinski definition) is 2. The minimum absolute atomic E-state index is 0.0777. The van der Waals surface area contributed by atoms with Gasteiger partial charge in [0.15, 0.2) is 0 Å². The van der Waals surface area contributed by atoms with Crippen LogP contribution in [0.5, 0.6) is 0 Å². The van der Waals surface area contributed by atoms with Gasteiger partial charge < -0.3 is 9.13 Å². The first-order chi connectivity index (χ1) is 32.0. The van der Waals surface area contributed by atoms with Crippen molar-refractivity contribution in [2.75, 3.05) is 0 Å². The van der Waals surface area contributed by atoms with Crippen molar-refractivity contribution in [2.24, 2.45) is 34.6 Å². The topological polar surface area (TPSA) is 34.2 Å². The maximum atomic E-state index is 6.03. The summed E-state index contributed by atoms with van der Waals surface area (Å²) < 4.78 is 5.77. The largest absolute Gasteiger partial charge is 0.340 e. The Labute approximate surface area is 389 Å². The summed E-state index contributed by atoms with van der Waals surface area (Å²) in [6, 6.07) is 19.5. The van der Waals surface area contributed by atoms with Crippen LogP contribution < -0.4 is 5.32 Å². The highest BCUT2D eigenvalue weighted by Crippen LogP contribution is 2.52. The van der Waals surface area contributed by atoms with Gasteiger partial charge in [-0.1, -0.05) is 127 Å². The molecule has 65 heavy (non-hydrogen) atoms. The van der Waals surface area contributed by atoms with Gasteiger partial charge in [0.05, 0.1) is 0 Å². The lowest BCUT2D eigenvalue weighted by atomic mass is 9.68. The third-order valence-electron chi connectivity index (χ3n) is 17.3. The molecule has 0 saturated heterocycles. The lowest BCUT2D eigenvalue weighted by Crippen LogP contribution is -2.51. The van der Waals surface area contributed by atoms with Crippen LogP contribution in [0, 0.1) is 29.6 Å². The first-order valence-corrected chi connectivity index (χ1v) is 25.9. The number of aliphatic imine (C=N–C) groups is 1. The zero-order chi connectivity index (χ0) is 44.0. The molecule has 9 atom stereocenters. The zero-order valence-corrected chi connectivity index (χ0v) is 39.7. The molecule has 4 aromatic rings. The third-order valence-corrected chi connectivity index (χ3v) is 17.3. The van der Waals surface area contributed by atoms with E-state index in [1.54, 1.807) is 16.8 Å². The second-order valence-electron chi connectivity index (χ2n) is 20.9.